The average Bonchev–Trinajstić information content (AvgIpc) is 2.44. The number of halogens is 2. The molecule has 2 aromatic carbocycles. The summed E-state index contributed by atoms with van der Waals surface area (Å²) in [4.78, 5) is 0. The van der Waals surface area contributed by atoms with Crippen LogP contribution in [0.2, 0.25) is 0 Å². The fourth-order valence-corrected chi connectivity index (χ4v) is 2.06. The van der Waals surface area contributed by atoms with E-state index in [4.69, 9.17) is 4.74 Å². The maximum absolute atomic E-state index is 13.0. The average molecular weight is 280 g/mol. The summed E-state index contributed by atoms with van der Waals surface area (Å²) in [5, 5.41) is 0. The molecular weight excluding hydrogens is 266 g/mol. The molecule has 19 heavy (non-hydrogen) atoms. The van der Waals surface area contributed by atoms with Crippen molar-refractivity contribution in [3.63, 3.8) is 0 Å². The molecule has 0 aromatic heterocycles. The van der Waals surface area contributed by atoms with Gasteiger partial charge in [0, 0.05) is 17.7 Å². The van der Waals surface area contributed by atoms with Crippen molar-refractivity contribution in [1.82, 2.24) is 0 Å². The zero-order chi connectivity index (χ0) is 13.7. The minimum atomic E-state index is -0.903. The molecule has 2 aromatic rings. The maximum Gasteiger partial charge on any atom is 0.162 e. The number of benzene rings is 2. The first kappa shape index (κ1) is 13.9. The van der Waals surface area contributed by atoms with Crippen LogP contribution in [0.3, 0.4) is 0 Å². The second kappa shape index (κ2) is 6.57. The highest BCUT2D eigenvalue weighted by Gasteiger charge is 2.11. The summed E-state index contributed by atoms with van der Waals surface area (Å²) < 4.78 is 31.3. The SMILES string of the molecule is Fc1ccc(OCC(CS)c2ccccc2)cc1F. The molecule has 4 heteroatoms. The van der Waals surface area contributed by atoms with Gasteiger partial charge in [-0.05, 0) is 17.7 Å². The van der Waals surface area contributed by atoms with Crippen LogP contribution in [0.1, 0.15) is 11.5 Å². The highest BCUT2D eigenvalue weighted by atomic mass is 32.1. The quantitative estimate of drug-likeness (QED) is 0.813. The first-order chi connectivity index (χ1) is 9.20. The molecule has 0 spiro atoms. The fraction of sp³-hybridized carbons (Fsp3) is 0.200. The van der Waals surface area contributed by atoms with Gasteiger partial charge in [0.25, 0.3) is 0 Å². The Morgan fingerprint density at radius 2 is 1.74 bits per heavy atom. The van der Waals surface area contributed by atoms with E-state index < -0.39 is 11.6 Å². The molecule has 1 nitrogen and oxygen atoms in total. The molecule has 0 N–H and O–H groups in total. The van der Waals surface area contributed by atoms with Crippen molar-refractivity contribution in [1.29, 1.82) is 0 Å². The van der Waals surface area contributed by atoms with E-state index >= 15 is 0 Å². The van der Waals surface area contributed by atoms with Gasteiger partial charge in [0.1, 0.15) is 5.75 Å². The molecular formula is C15H14F2OS. The molecule has 0 heterocycles. The summed E-state index contributed by atoms with van der Waals surface area (Å²) >= 11 is 4.30. The molecule has 1 unspecified atom stereocenters. The second-order valence-electron chi connectivity index (χ2n) is 4.18. The molecule has 0 fully saturated rings. The number of ether oxygens (including phenoxy) is 1. The van der Waals surface area contributed by atoms with E-state index in [1.54, 1.807) is 0 Å². The lowest BCUT2D eigenvalue weighted by molar-refractivity contribution is 0.295. The van der Waals surface area contributed by atoms with Crippen LogP contribution < -0.4 is 4.74 Å². The van der Waals surface area contributed by atoms with Crippen LogP contribution in [0.5, 0.6) is 5.75 Å². The predicted molar refractivity (Wildman–Crippen MR) is 74.9 cm³/mol. The third-order valence-electron chi connectivity index (χ3n) is 2.83. The first-order valence-electron chi connectivity index (χ1n) is 5.94. The predicted octanol–water partition coefficient (Wildman–Crippen LogP) is 4.06. The lowest BCUT2D eigenvalue weighted by Crippen LogP contribution is -2.12. The van der Waals surface area contributed by atoms with E-state index in [1.807, 2.05) is 30.3 Å². The van der Waals surface area contributed by atoms with Crippen molar-refractivity contribution in [3.8, 4) is 5.75 Å². The first-order valence-corrected chi connectivity index (χ1v) is 6.57. The van der Waals surface area contributed by atoms with Gasteiger partial charge in [0.2, 0.25) is 0 Å². The molecule has 2 rings (SSSR count). The van der Waals surface area contributed by atoms with Crippen LogP contribution in [-0.4, -0.2) is 12.4 Å². The fourth-order valence-electron chi connectivity index (χ4n) is 1.74. The molecule has 0 aliphatic heterocycles. The summed E-state index contributed by atoms with van der Waals surface area (Å²) in [6.07, 6.45) is 0. The minimum Gasteiger partial charge on any atom is -0.493 e. The topological polar surface area (TPSA) is 9.23 Å². The van der Waals surface area contributed by atoms with Crippen LogP contribution in [0.25, 0.3) is 0 Å². The Morgan fingerprint density at radius 1 is 1.00 bits per heavy atom. The normalized spacial score (nSPS) is 12.2. The van der Waals surface area contributed by atoms with Crippen molar-refractivity contribution in [2.75, 3.05) is 12.4 Å². The minimum absolute atomic E-state index is 0.109. The van der Waals surface area contributed by atoms with Gasteiger partial charge < -0.3 is 4.74 Å². The van der Waals surface area contributed by atoms with E-state index in [1.165, 1.54) is 6.07 Å². The van der Waals surface area contributed by atoms with E-state index in [9.17, 15) is 8.78 Å². The Balaban J connectivity index is 2.02. The molecule has 100 valence electrons. The Morgan fingerprint density at radius 3 is 2.37 bits per heavy atom. The van der Waals surface area contributed by atoms with Crippen LogP contribution in [-0.2, 0) is 0 Å². The van der Waals surface area contributed by atoms with Crippen LogP contribution in [0, 0.1) is 11.6 Å². The third-order valence-corrected chi connectivity index (χ3v) is 3.27. The lowest BCUT2D eigenvalue weighted by atomic mass is 10.0. The standard InChI is InChI=1S/C15H14F2OS/c16-14-7-6-13(8-15(14)17)18-9-12(10-19)11-4-2-1-3-5-11/h1-8,12,19H,9-10H2. The monoisotopic (exact) mass is 280 g/mol. The van der Waals surface area contributed by atoms with Crippen molar-refractivity contribution >= 4 is 12.6 Å². The maximum atomic E-state index is 13.0. The zero-order valence-electron chi connectivity index (χ0n) is 10.2. The highest BCUT2D eigenvalue weighted by Crippen LogP contribution is 2.21. The number of hydrogen-bond donors (Lipinski definition) is 1. The van der Waals surface area contributed by atoms with Crippen molar-refractivity contribution in [2.24, 2.45) is 0 Å². The highest BCUT2D eigenvalue weighted by molar-refractivity contribution is 7.80. The van der Waals surface area contributed by atoms with Gasteiger partial charge in [-0.1, -0.05) is 30.3 Å². The molecule has 0 aliphatic carbocycles. The lowest BCUT2D eigenvalue weighted by Gasteiger charge is -2.16. The van der Waals surface area contributed by atoms with Crippen molar-refractivity contribution in [3.05, 3.63) is 65.7 Å². The zero-order valence-corrected chi connectivity index (χ0v) is 11.1. The van der Waals surface area contributed by atoms with Crippen molar-refractivity contribution < 1.29 is 13.5 Å². The van der Waals surface area contributed by atoms with E-state index in [2.05, 4.69) is 12.6 Å². The van der Waals surface area contributed by atoms with Crippen LogP contribution >= 0.6 is 12.6 Å². The van der Waals surface area contributed by atoms with Gasteiger partial charge in [-0.25, -0.2) is 8.78 Å². The molecule has 1 atom stereocenters. The molecule has 0 saturated carbocycles. The van der Waals surface area contributed by atoms with Crippen LogP contribution in [0.4, 0.5) is 8.78 Å². The Kier molecular flexibility index (Phi) is 4.80. The van der Waals surface area contributed by atoms with Gasteiger partial charge in [-0.3, -0.25) is 0 Å². The summed E-state index contributed by atoms with van der Waals surface area (Å²) in [5.74, 6) is -0.728. The van der Waals surface area contributed by atoms with Crippen LogP contribution in [0.15, 0.2) is 48.5 Å². The van der Waals surface area contributed by atoms with E-state index in [0.29, 0.717) is 18.1 Å². The Labute approximate surface area is 116 Å². The second-order valence-corrected chi connectivity index (χ2v) is 4.54. The summed E-state index contributed by atoms with van der Waals surface area (Å²) in [6, 6.07) is 13.4. The van der Waals surface area contributed by atoms with Gasteiger partial charge in [-0.2, -0.15) is 12.6 Å². The van der Waals surface area contributed by atoms with E-state index in [0.717, 1.165) is 17.7 Å². The van der Waals surface area contributed by atoms with Gasteiger partial charge >= 0.3 is 0 Å². The number of hydrogen-bond acceptors (Lipinski definition) is 2. The third kappa shape index (κ3) is 3.70. The smallest absolute Gasteiger partial charge is 0.162 e. The Hall–Kier alpha value is -1.55. The number of rotatable bonds is 5. The molecule has 0 amide bonds. The summed E-state index contributed by atoms with van der Waals surface area (Å²) in [6.45, 7) is 0.374. The molecule has 0 bridgehead atoms. The largest absolute Gasteiger partial charge is 0.493 e. The van der Waals surface area contributed by atoms with Crippen molar-refractivity contribution in [2.45, 2.75) is 5.92 Å². The van der Waals surface area contributed by atoms with Gasteiger partial charge in [0.15, 0.2) is 11.6 Å². The van der Waals surface area contributed by atoms with Gasteiger partial charge in [-0.15, -0.1) is 0 Å². The molecule has 0 radical (unpaired) electrons. The van der Waals surface area contributed by atoms with Gasteiger partial charge in [0.05, 0.1) is 6.61 Å². The summed E-state index contributed by atoms with van der Waals surface area (Å²) in [5.41, 5.74) is 1.11. The van der Waals surface area contributed by atoms with E-state index in [-0.39, 0.29) is 5.92 Å². The summed E-state index contributed by atoms with van der Waals surface area (Å²) in [7, 11) is 0. The number of thiol groups is 1. The molecule has 0 saturated heterocycles. The Bertz CT molecular complexity index is 531. The molecule has 0 aliphatic rings.